The van der Waals surface area contributed by atoms with Crippen LogP contribution < -0.4 is 24.7 Å². The minimum Gasteiger partial charge on any atom is -0.493 e. The lowest BCUT2D eigenvalue weighted by Crippen LogP contribution is -2.21. The highest BCUT2D eigenvalue weighted by Crippen LogP contribution is 2.45. The minimum absolute atomic E-state index is 0.0108. The van der Waals surface area contributed by atoms with Gasteiger partial charge in [0, 0.05) is 16.1 Å². The van der Waals surface area contributed by atoms with Gasteiger partial charge in [0.1, 0.15) is 23.1 Å². The van der Waals surface area contributed by atoms with Crippen LogP contribution in [-0.4, -0.2) is 19.7 Å². The van der Waals surface area contributed by atoms with Gasteiger partial charge in [-0.15, -0.1) is 0 Å². The molecular weight excluding hydrogens is 524 g/mol. The number of benzene rings is 3. The zero-order valence-electron chi connectivity index (χ0n) is 20.1. The molecule has 7 nitrogen and oxygen atoms in total. The van der Waals surface area contributed by atoms with Gasteiger partial charge >= 0.3 is 5.97 Å². The number of carbonyl (C=O) groups is 1. The maximum absolute atomic E-state index is 12.7. The number of nitrogens with two attached hydrogens (primary N) is 1. The first-order valence-corrected chi connectivity index (χ1v) is 12.1. The van der Waals surface area contributed by atoms with Crippen molar-refractivity contribution in [3.8, 4) is 29.1 Å². The Morgan fingerprint density at radius 2 is 1.92 bits per heavy atom. The normalized spacial score (nSPS) is 14.5. The number of rotatable bonds is 7. The molecule has 0 saturated carbocycles. The molecule has 2 N–H and O–H groups in total. The highest BCUT2D eigenvalue weighted by Gasteiger charge is 2.32. The molecule has 0 bridgehead atoms. The predicted octanol–water partition coefficient (Wildman–Crippen LogP) is 5.93. The summed E-state index contributed by atoms with van der Waals surface area (Å²) in [5.74, 6) is 1.18. The van der Waals surface area contributed by atoms with Crippen molar-refractivity contribution in [2.45, 2.75) is 19.8 Å². The van der Waals surface area contributed by atoms with Crippen LogP contribution in [0.3, 0.4) is 0 Å². The van der Waals surface area contributed by atoms with E-state index in [0.29, 0.717) is 45.4 Å². The number of allylic oxidation sites excluding steroid dienone is 1. The van der Waals surface area contributed by atoms with Crippen molar-refractivity contribution in [1.29, 1.82) is 5.26 Å². The van der Waals surface area contributed by atoms with E-state index in [-0.39, 0.29) is 17.2 Å². The Kier molecular flexibility index (Phi) is 7.51. The van der Waals surface area contributed by atoms with Gasteiger partial charge in [-0.25, -0.2) is 4.79 Å². The number of fused-ring (bicyclic) bond motifs is 1. The van der Waals surface area contributed by atoms with Gasteiger partial charge in [0.15, 0.2) is 11.5 Å². The zero-order valence-corrected chi connectivity index (χ0v) is 21.7. The lowest BCUT2D eigenvalue weighted by molar-refractivity contribution is 0.0733. The quantitative estimate of drug-likeness (QED) is 0.288. The molecule has 0 radical (unpaired) electrons. The molecule has 36 heavy (non-hydrogen) atoms. The van der Waals surface area contributed by atoms with Gasteiger partial charge in [0.25, 0.3) is 0 Å². The molecule has 4 rings (SSSR count). The third-order valence-corrected chi connectivity index (χ3v) is 6.28. The van der Waals surface area contributed by atoms with Gasteiger partial charge in [0.05, 0.1) is 25.2 Å². The molecule has 0 spiro atoms. The van der Waals surface area contributed by atoms with Crippen LogP contribution >= 0.6 is 15.9 Å². The fraction of sp³-hybridized carbons (Fsp3) is 0.214. The van der Waals surface area contributed by atoms with Crippen LogP contribution in [-0.2, 0) is 0 Å². The maximum Gasteiger partial charge on any atom is 0.344 e. The number of methoxy groups -OCH3 is 1. The lowest BCUT2D eigenvalue weighted by Gasteiger charge is -2.27. The highest BCUT2D eigenvalue weighted by molar-refractivity contribution is 9.10. The van der Waals surface area contributed by atoms with Crippen molar-refractivity contribution >= 4 is 21.9 Å². The Labute approximate surface area is 218 Å². The predicted molar refractivity (Wildman–Crippen MR) is 138 cm³/mol. The van der Waals surface area contributed by atoms with E-state index in [4.69, 9.17) is 24.7 Å². The van der Waals surface area contributed by atoms with E-state index in [2.05, 4.69) is 35.8 Å². The first-order chi connectivity index (χ1) is 17.3. The largest absolute Gasteiger partial charge is 0.493 e. The molecule has 0 aromatic heterocycles. The molecule has 3 aromatic rings. The monoisotopic (exact) mass is 548 g/mol. The summed E-state index contributed by atoms with van der Waals surface area (Å²) < 4.78 is 23.4. The Morgan fingerprint density at radius 1 is 1.14 bits per heavy atom. The molecule has 184 valence electrons. The van der Waals surface area contributed by atoms with Gasteiger partial charge in [0.2, 0.25) is 5.88 Å². The molecule has 1 aliphatic heterocycles. The van der Waals surface area contributed by atoms with E-state index in [9.17, 15) is 10.1 Å². The average molecular weight is 549 g/mol. The molecule has 3 aromatic carbocycles. The molecule has 1 heterocycles. The Balaban J connectivity index is 1.69. The van der Waals surface area contributed by atoms with E-state index in [1.807, 2.05) is 24.3 Å². The van der Waals surface area contributed by atoms with Crippen molar-refractivity contribution in [1.82, 2.24) is 0 Å². The van der Waals surface area contributed by atoms with Crippen molar-refractivity contribution in [2.75, 3.05) is 13.7 Å². The second kappa shape index (κ2) is 10.8. The molecule has 0 fully saturated rings. The molecular formula is C28H25BrN2O5. The van der Waals surface area contributed by atoms with Crippen LogP contribution in [0.5, 0.6) is 23.0 Å². The van der Waals surface area contributed by atoms with E-state index >= 15 is 0 Å². The van der Waals surface area contributed by atoms with Crippen LogP contribution in [0, 0.1) is 17.2 Å². The maximum atomic E-state index is 12.7. The molecule has 1 aliphatic rings. The molecule has 0 saturated heterocycles. The summed E-state index contributed by atoms with van der Waals surface area (Å²) in [6, 6.07) is 19.7. The molecule has 1 unspecified atom stereocenters. The summed E-state index contributed by atoms with van der Waals surface area (Å²) in [5.41, 5.74) is 8.30. The number of nitrogens with zero attached hydrogens (tertiary/aromatic N) is 1. The second-order valence-electron chi connectivity index (χ2n) is 8.61. The van der Waals surface area contributed by atoms with Crippen LogP contribution in [0.4, 0.5) is 0 Å². The third-order valence-electron chi connectivity index (χ3n) is 5.59. The van der Waals surface area contributed by atoms with E-state index in [1.165, 1.54) is 0 Å². The topological polar surface area (TPSA) is 104 Å². The first-order valence-electron chi connectivity index (χ1n) is 11.3. The van der Waals surface area contributed by atoms with Gasteiger partial charge in [-0.3, -0.25) is 0 Å². The average Bonchev–Trinajstić information content (AvgIpc) is 2.86. The smallest absolute Gasteiger partial charge is 0.344 e. The summed E-state index contributed by atoms with van der Waals surface area (Å²) >= 11 is 3.36. The van der Waals surface area contributed by atoms with Gasteiger partial charge in [-0.1, -0.05) is 38.1 Å². The van der Waals surface area contributed by atoms with Crippen molar-refractivity contribution in [3.63, 3.8) is 0 Å². The molecule has 0 aliphatic carbocycles. The summed E-state index contributed by atoms with van der Waals surface area (Å²) in [5, 5.41) is 9.87. The first kappa shape index (κ1) is 25.1. The van der Waals surface area contributed by atoms with Crippen LogP contribution in [0.15, 0.2) is 76.6 Å². The van der Waals surface area contributed by atoms with Gasteiger partial charge < -0.3 is 24.7 Å². The van der Waals surface area contributed by atoms with Crippen molar-refractivity contribution in [3.05, 3.63) is 93.3 Å². The second-order valence-corrected chi connectivity index (χ2v) is 9.46. The number of halogens is 1. The Morgan fingerprint density at radius 3 is 2.61 bits per heavy atom. The van der Waals surface area contributed by atoms with Crippen LogP contribution in [0.2, 0.25) is 0 Å². The molecule has 1 atom stereocenters. The van der Waals surface area contributed by atoms with Gasteiger partial charge in [-0.2, -0.15) is 5.26 Å². The summed E-state index contributed by atoms with van der Waals surface area (Å²) in [7, 11) is 1.57. The lowest BCUT2D eigenvalue weighted by atomic mass is 9.83. The fourth-order valence-corrected chi connectivity index (χ4v) is 4.32. The van der Waals surface area contributed by atoms with Crippen LogP contribution in [0.25, 0.3) is 0 Å². The van der Waals surface area contributed by atoms with Crippen molar-refractivity contribution < 1.29 is 23.7 Å². The van der Waals surface area contributed by atoms with E-state index in [1.54, 1.807) is 43.5 Å². The fourth-order valence-electron chi connectivity index (χ4n) is 3.87. The Bertz CT molecular complexity index is 1380. The summed E-state index contributed by atoms with van der Waals surface area (Å²) in [4.78, 5) is 12.7. The number of hydrogen-bond donors (Lipinski definition) is 1. The SMILES string of the molecule is COc1cc(C2C(C#N)=C(N)Oc3cc(OC(=O)c4ccccc4Br)ccc32)ccc1OCC(C)C. The number of esters is 1. The summed E-state index contributed by atoms with van der Waals surface area (Å²) in [6.45, 7) is 4.68. The minimum atomic E-state index is -0.516. The number of carbonyl (C=O) groups excluding carboxylic acids is 1. The van der Waals surface area contributed by atoms with Gasteiger partial charge in [-0.05, 0) is 57.7 Å². The number of ether oxygens (including phenoxy) is 4. The van der Waals surface area contributed by atoms with Crippen LogP contribution in [0.1, 0.15) is 41.3 Å². The summed E-state index contributed by atoms with van der Waals surface area (Å²) in [6.07, 6.45) is 0. The zero-order chi connectivity index (χ0) is 25.8. The third kappa shape index (κ3) is 5.16. The Hall–Kier alpha value is -3.96. The van der Waals surface area contributed by atoms with E-state index < -0.39 is 11.9 Å². The standard InChI is InChI=1S/C28H25BrN2O5/c1-16(2)15-34-23-11-8-17(12-25(23)33-3)26-20-10-9-18(13-24(20)36-27(31)21(26)14-30)35-28(32)19-6-4-5-7-22(19)29/h4-13,16,26H,15,31H2,1-3H3. The molecule has 8 heteroatoms. The highest BCUT2D eigenvalue weighted by atomic mass is 79.9. The number of hydrogen-bond acceptors (Lipinski definition) is 7. The van der Waals surface area contributed by atoms with Crippen molar-refractivity contribution in [2.24, 2.45) is 11.7 Å². The number of nitriles is 1. The molecule has 0 amide bonds. The van der Waals surface area contributed by atoms with E-state index in [0.717, 1.165) is 5.56 Å².